The smallest absolute Gasteiger partial charge is 0.257 e. The van der Waals surface area contributed by atoms with E-state index in [2.05, 4.69) is 15.4 Å². The Bertz CT molecular complexity index is 1110. The number of carbonyl (C=O) groups excluding carboxylic acids is 1. The minimum atomic E-state index is -0.218. The zero-order valence-corrected chi connectivity index (χ0v) is 15.5. The van der Waals surface area contributed by atoms with E-state index in [1.165, 1.54) is 0 Å². The molecule has 0 saturated carbocycles. The van der Waals surface area contributed by atoms with Gasteiger partial charge >= 0.3 is 0 Å². The van der Waals surface area contributed by atoms with Gasteiger partial charge in [-0.3, -0.25) is 9.48 Å². The molecule has 0 atom stereocenters. The van der Waals surface area contributed by atoms with E-state index < -0.39 is 0 Å². The predicted octanol–water partition coefficient (Wildman–Crippen LogP) is 3.96. The third-order valence-electron chi connectivity index (χ3n) is 4.12. The van der Waals surface area contributed by atoms with Gasteiger partial charge in [-0.15, -0.1) is 11.3 Å². The van der Waals surface area contributed by atoms with Crippen LogP contribution in [0, 0.1) is 13.8 Å². The Balaban J connectivity index is 1.85. The Morgan fingerprint density at radius 2 is 2.00 bits per heavy atom. The largest absolute Gasteiger partial charge is 0.307 e. The Hall–Kier alpha value is -3.06. The Morgan fingerprint density at radius 1 is 1.15 bits per heavy atom. The summed E-state index contributed by atoms with van der Waals surface area (Å²) in [5, 5.41) is 10.1. The van der Waals surface area contributed by atoms with Gasteiger partial charge < -0.3 is 5.32 Å². The van der Waals surface area contributed by atoms with Crippen LogP contribution in [0.15, 0.2) is 41.8 Å². The fourth-order valence-electron chi connectivity index (χ4n) is 2.97. The van der Waals surface area contributed by atoms with Gasteiger partial charge in [-0.1, -0.05) is 12.1 Å². The van der Waals surface area contributed by atoms with E-state index in [4.69, 9.17) is 4.98 Å². The molecule has 0 fully saturated rings. The lowest BCUT2D eigenvalue weighted by molar-refractivity contribution is 0.102. The summed E-state index contributed by atoms with van der Waals surface area (Å²) in [7, 11) is 1.84. The second-order valence-corrected chi connectivity index (χ2v) is 7.01. The van der Waals surface area contributed by atoms with Gasteiger partial charge in [0.1, 0.15) is 5.82 Å². The molecule has 0 aromatic carbocycles. The van der Waals surface area contributed by atoms with Gasteiger partial charge in [0.2, 0.25) is 0 Å². The fourth-order valence-corrected chi connectivity index (χ4v) is 3.66. The van der Waals surface area contributed by atoms with Gasteiger partial charge in [0.15, 0.2) is 5.65 Å². The highest BCUT2D eigenvalue weighted by atomic mass is 32.1. The molecule has 4 heterocycles. The SMILES string of the molecule is Cc1cccc(NC(=O)c2cc(-c3cccs3)nc3c2c(C)nn3C)n1. The predicted molar refractivity (Wildman–Crippen MR) is 103 cm³/mol. The van der Waals surface area contributed by atoms with Crippen LogP contribution < -0.4 is 5.32 Å². The number of anilines is 1. The average Bonchev–Trinajstić information content (AvgIpc) is 3.23. The minimum Gasteiger partial charge on any atom is -0.307 e. The molecule has 26 heavy (non-hydrogen) atoms. The molecule has 0 aliphatic heterocycles. The molecule has 0 radical (unpaired) electrons. The van der Waals surface area contributed by atoms with Crippen LogP contribution in [0.3, 0.4) is 0 Å². The van der Waals surface area contributed by atoms with E-state index in [0.29, 0.717) is 17.0 Å². The summed E-state index contributed by atoms with van der Waals surface area (Å²) in [5.74, 6) is 0.309. The molecule has 4 aromatic rings. The van der Waals surface area contributed by atoms with Crippen LogP contribution in [0.4, 0.5) is 5.82 Å². The summed E-state index contributed by atoms with van der Waals surface area (Å²) >= 11 is 1.59. The second-order valence-electron chi connectivity index (χ2n) is 6.06. The molecule has 0 saturated heterocycles. The number of aromatic nitrogens is 4. The molecule has 1 amide bonds. The number of amides is 1. The third-order valence-corrected chi connectivity index (χ3v) is 5.01. The van der Waals surface area contributed by atoms with Crippen LogP contribution in [0.5, 0.6) is 0 Å². The van der Waals surface area contributed by atoms with Crippen molar-refractivity contribution in [3.8, 4) is 10.6 Å². The van der Waals surface area contributed by atoms with Crippen molar-refractivity contribution in [3.63, 3.8) is 0 Å². The number of fused-ring (bicyclic) bond motifs is 1. The average molecular weight is 363 g/mol. The first kappa shape index (κ1) is 16.4. The molecule has 1 N–H and O–H groups in total. The normalized spacial score (nSPS) is 11.0. The van der Waals surface area contributed by atoms with Gasteiger partial charge in [-0.2, -0.15) is 5.10 Å². The maximum Gasteiger partial charge on any atom is 0.257 e. The van der Waals surface area contributed by atoms with Crippen molar-refractivity contribution < 1.29 is 4.79 Å². The van der Waals surface area contributed by atoms with Crippen molar-refractivity contribution in [2.24, 2.45) is 7.05 Å². The summed E-state index contributed by atoms with van der Waals surface area (Å²) in [6.07, 6.45) is 0. The molecule has 130 valence electrons. The molecular weight excluding hydrogens is 346 g/mol. The van der Waals surface area contributed by atoms with Crippen molar-refractivity contribution in [1.29, 1.82) is 0 Å². The van der Waals surface area contributed by atoms with Gasteiger partial charge in [0, 0.05) is 12.7 Å². The number of hydrogen-bond donors (Lipinski definition) is 1. The summed E-state index contributed by atoms with van der Waals surface area (Å²) < 4.78 is 1.71. The third kappa shape index (κ3) is 2.86. The first-order chi connectivity index (χ1) is 12.5. The number of rotatable bonds is 3. The first-order valence-electron chi connectivity index (χ1n) is 8.16. The number of nitrogens with zero attached hydrogens (tertiary/aromatic N) is 4. The van der Waals surface area contributed by atoms with Gasteiger partial charge in [-0.05, 0) is 43.5 Å². The molecule has 6 nitrogen and oxygen atoms in total. The van der Waals surface area contributed by atoms with Gasteiger partial charge in [0.25, 0.3) is 5.91 Å². The molecule has 0 aliphatic carbocycles. The lowest BCUT2D eigenvalue weighted by Crippen LogP contribution is -2.14. The zero-order chi connectivity index (χ0) is 18.3. The molecule has 0 aliphatic rings. The summed E-state index contributed by atoms with van der Waals surface area (Å²) in [6, 6.07) is 11.3. The molecule has 7 heteroatoms. The Labute approximate surface area is 154 Å². The lowest BCUT2D eigenvalue weighted by atomic mass is 10.1. The van der Waals surface area contributed by atoms with Gasteiger partial charge in [0.05, 0.1) is 27.2 Å². The van der Waals surface area contributed by atoms with E-state index in [1.54, 1.807) is 22.1 Å². The Morgan fingerprint density at radius 3 is 2.73 bits per heavy atom. The van der Waals surface area contributed by atoms with Crippen LogP contribution >= 0.6 is 11.3 Å². The summed E-state index contributed by atoms with van der Waals surface area (Å²) in [5.41, 5.74) is 3.62. The summed E-state index contributed by atoms with van der Waals surface area (Å²) in [6.45, 7) is 3.77. The van der Waals surface area contributed by atoms with E-state index in [1.807, 2.05) is 56.6 Å². The quantitative estimate of drug-likeness (QED) is 0.598. The number of pyridine rings is 2. The maximum atomic E-state index is 13.0. The maximum absolute atomic E-state index is 13.0. The van der Waals surface area contributed by atoms with Crippen LogP contribution in [-0.4, -0.2) is 25.7 Å². The zero-order valence-electron chi connectivity index (χ0n) is 14.6. The monoisotopic (exact) mass is 363 g/mol. The van der Waals surface area contributed by atoms with Crippen molar-refractivity contribution in [3.05, 3.63) is 58.7 Å². The number of thiophene rings is 1. The molecule has 4 aromatic heterocycles. The van der Waals surface area contributed by atoms with Gasteiger partial charge in [-0.25, -0.2) is 9.97 Å². The molecule has 0 unspecified atom stereocenters. The van der Waals surface area contributed by atoms with E-state index >= 15 is 0 Å². The van der Waals surface area contributed by atoms with Crippen molar-refractivity contribution >= 4 is 34.1 Å². The minimum absolute atomic E-state index is 0.218. The Kier molecular flexibility index (Phi) is 4.00. The second kappa shape index (κ2) is 6.34. The fraction of sp³-hybridized carbons (Fsp3) is 0.158. The molecule has 0 spiro atoms. The number of hydrogen-bond acceptors (Lipinski definition) is 5. The summed E-state index contributed by atoms with van der Waals surface area (Å²) in [4.78, 5) is 23.1. The van der Waals surface area contributed by atoms with Crippen molar-refractivity contribution in [1.82, 2.24) is 19.7 Å². The number of nitrogens with one attached hydrogen (secondary N) is 1. The van der Waals surface area contributed by atoms with Crippen molar-refractivity contribution in [2.45, 2.75) is 13.8 Å². The van der Waals surface area contributed by atoms with Crippen LogP contribution in [0.25, 0.3) is 21.6 Å². The van der Waals surface area contributed by atoms with Crippen LogP contribution in [0.2, 0.25) is 0 Å². The van der Waals surface area contributed by atoms with Crippen LogP contribution in [0.1, 0.15) is 21.7 Å². The van der Waals surface area contributed by atoms with Crippen molar-refractivity contribution in [2.75, 3.05) is 5.32 Å². The first-order valence-corrected chi connectivity index (χ1v) is 9.04. The number of carbonyl (C=O) groups is 1. The topological polar surface area (TPSA) is 72.7 Å². The van der Waals surface area contributed by atoms with E-state index in [-0.39, 0.29) is 5.91 Å². The van der Waals surface area contributed by atoms with E-state index in [0.717, 1.165) is 27.3 Å². The highest BCUT2D eigenvalue weighted by Gasteiger charge is 2.20. The number of aryl methyl sites for hydroxylation is 3. The van der Waals surface area contributed by atoms with Crippen LogP contribution in [-0.2, 0) is 7.05 Å². The highest BCUT2D eigenvalue weighted by molar-refractivity contribution is 7.13. The van der Waals surface area contributed by atoms with E-state index in [9.17, 15) is 4.79 Å². The lowest BCUT2D eigenvalue weighted by Gasteiger charge is -2.08. The molecular formula is C19H17N5OS. The standard InChI is InChI=1S/C19H17N5OS/c1-11-6-4-8-16(20-11)22-19(25)13-10-14(15-7-5-9-26-15)21-18-17(13)12(2)23-24(18)3/h4-10H,1-3H3,(H,20,22,25). The molecule has 0 bridgehead atoms. The highest BCUT2D eigenvalue weighted by Crippen LogP contribution is 2.29. The molecule has 4 rings (SSSR count).